The van der Waals surface area contributed by atoms with Gasteiger partial charge < -0.3 is 5.73 Å². The van der Waals surface area contributed by atoms with Gasteiger partial charge in [-0.2, -0.15) is 0 Å². The highest BCUT2D eigenvalue weighted by Crippen LogP contribution is 2.12. The maximum Gasteiger partial charge on any atom is 0.0180 e. The van der Waals surface area contributed by atoms with Gasteiger partial charge in [0.1, 0.15) is 0 Å². The van der Waals surface area contributed by atoms with E-state index in [9.17, 15) is 0 Å². The van der Waals surface area contributed by atoms with E-state index in [1.54, 1.807) is 0 Å². The maximum atomic E-state index is 5.62. The van der Waals surface area contributed by atoms with E-state index in [1.165, 1.54) is 11.1 Å². The Morgan fingerprint density at radius 3 is 2.50 bits per heavy atom. The van der Waals surface area contributed by atoms with E-state index in [4.69, 9.17) is 5.73 Å². The van der Waals surface area contributed by atoms with Crippen LogP contribution in [0.2, 0.25) is 0 Å². The van der Waals surface area contributed by atoms with Gasteiger partial charge in [-0.3, -0.25) is 0 Å². The van der Waals surface area contributed by atoms with Crippen LogP contribution in [0.5, 0.6) is 0 Å². The van der Waals surface area contributed by atoms with Crippen molar-refractivity contribution in [2.75, 3.05) is 6.54 Å². The van der Waals surface area contributed by atoms with Crippen molar-refractivity contribution in [1.29, 1.82) is 0 Å². The summed E-state index contributed by atoms with van der Waals surface area (Å²) >= 11 is 0. The molecule has 0 spiro atoms. The van der Waals surface area contributed by atoms with Crippen LogP contribution >= 0.6 is 0 Å². The summed E-state index contributed by atoms with van der Waals surface area (Å²) in [5.41, 5.74) is 8.09. The van der Waals surface area contributed by atoms with E-state index < -0.39 is 0 Å². The monoisotopic (exact) mass is 161 g/mol. The van der Waals surface area contributed by atoms with E-state index in [-0.39, 0.29) is 0 Å². The predicted molar refractivity (Wildman–Crippen MR) is 53.8 cm³/mol. The molecule has 1 nitrogen and oxygen atoms in total. The fourth-order valence-electron chi connectivity index (χ4n) is 1.22. The minimum Gasteiger partial charge on any atom is -0.326 e. The molecule has 0 amide bonds. The Morgan fingerprint density at radius 2 is 2.00 bits per heavy atom. The Labute approximate surface area is 73.9 Å². The third-order valence-electron chi connectivity index (χ3n) is 1.82. The van der Waals surface area contributed by atoms with Crippen molar-refractivity contribution in [2.24, 2.45) is 5.73 Å². The van der Waals surface area contributed by atoms with Gasteiger partial charge in [-0.1, -0.05) is 43.3 Å². The number of allylic oxidation sites excluding steroid dienone is 1. The van der Waals surface area contributed by atoms with Crippen molar-refractivity contribution < 1.29 is 0 Å². The molecule has 0 fully saturated rings. The maximum absolute atomic E-state index is 5.62. The van der Waals surface area contributed by atoms with Crippen molar-refractivity contribution >= 4 is 5.57 Å². The normalized spacial score (nSPS) is 11.7. The molecule has 0 aliphatic carbocycles. The van der Waals surface area contributed by atoms with E-state index in [0.29, 0.717) is 6.54 Å². The van der Waals surface area contributed by atoms with Gasteiger partial charge in [0.05, 0.1) is 0 Å². The molecule has 1 aromatic carbocycles. The summed E-state index contributed by atoms with van der Waals surface area (Å²) in [7, 11) is 0. The van der Waals surface area contributed by atoms with Crippen LogP contribution in [0.1, 0.15) is 18.9 Å². The largest absolute Gasteiger partial charge is 0.326 e. The average Bonchev–Trinajstić information content (AvgIpc) is 2.15. The summed E-state index contributed by atoms with van der Waals surface area (Å²) < 4.78 is 0. The van der Waals surface area contributed by atoms with Gasteiger partial charge >= 0.3 is 0 Å². The van der Waals surface area contributed by atoms with Crippen LogP contribution in [0.25, 0.3) is 5.57 Å². The molecule has 0 heterocycles. The molecule has 0 bridgehead atoms. The van der Waals surface area contributed by atoms with Crippen LogP contribution < -0.4 is 5.73 Å². The van der Waals surface area contributed by atoms with Crippen molar-refractivity contribution in [3.8, 4) is 0 Å². The molecule has 0 aromatic heterocycles. The molecule has 1 heteroatoms. The zero-order chi connectivity index (χ0) is 8.81. The lowest BCUT2D eigenvalue weighted by molar-refractivity contribution is 1.18. The van der Waals surface area contributed by atoms with Crippen LogP contribution in [0.15, 0.2) is 36.4 Å². The Balaban J connectivity index is 2.88. The third kappa shape index (κ3) is 2.21. The van der Waals surface area contributed by atoms with Crippen molar-refractivity contribution in [1.82, 2.24) is 0 Å². The second-order valence-electron chi connectivity index (χ2n) is 2.71. The molecule has 0 saturated carbocycles. The molecule has 0 aliphatic heterocycles. The molecule has 64 valence electrons. The van der Waals surface area contributed by atoms with Gasteiger partial charge in [-0.25, -0.2) is 0 Å². The Hall–Kier alpha value is -1.08. The van der Waals surface area contributed by atoms with E-state index in [2.05, 4.69) is 25.1 Å². The van der Waals surface area contributed by atoms with Crippen molar-refractivity contribution in [3.63, 3.8) is 0 Å². The molecule has 12 heavy (non-hydrogen) atoms. The number of benzene rings is 1. The van der Waals surface area contributed by atoms with Gasteiger partial charge in [0.25, 0.3) is 0 Å². The molecule has 1 rings (SSSR count). The van der Waals surface area contributed by atoms with Crippen molar-refractivity contribution in [2.45, 2.75) is 13.3 Å². The SMILES string of the molecule is CCC=C(CN)c1ccccc1. The molecular weight excluding hydrogens is 146 g/mol. The first-order valence-electron chi connectivity index (χ1n) is 4.33. The quantitative estimate of drug-likeness (QED) is 0.724. The summed E-state index contributed by atoms with van der Waals surface area (Å²) in [5.74, 6) is 0. The number of hydrogen-bond acceptors (Lipinski definition) is 1. The second-order valence-corrected chi connectivity index (χ2v) is 2.71. The van der Waals surface area contributed by atoms with Gasteiger partial charge in [-0.15, -0.1) is 0 Å². The van der Waals surface area contributed by atoms with Gasteiger partial charge in [-0.05, 0) is 17.6 Å². The number of hydrogen-bond donors (Lipinski definition) is 1. The average molecular weight is 161 g/mol. The Kier molecular flexibility index (Phi) is 3.55. The number of rotatable bonds is 3. The summed E-state index contributed by atoms with van der Waals surface area (Å²) in [5, 5.41) is 0. The van der Waals surface area contributed by atoms with Crippen LogP contribution in [-0.4, -0.2) is 6.54 Å². The minimum absolute atomic E-state index is 0.623. The highest BCUT2D eigenvalue weighted by atomic mass is 14.5. The second kappa shape index (κ2) is 4.73. The lowest BCUT2D eigenvalue weighted by atomic mass is 10.1. The highest BCUT2D eigenvalue weighted by molar-refractivity contribution is 5.66. The molecular formula is C11H15N. The molecule has 1 aromatic rings. The first kappa shape index (κ1) is 9.01. The van der Waals surface area contributed by atoms with Crippen LogP contribution in [0, 0.1) is 0 Å². The molecule has 2 N–H and O–H groups in total. The number of nitrogens with two attached hydrogens (primary N) is 1. The molecule has 0 saturated heterocycles. The fraction of sp³-hybridized carbons (Fsp3) is 0.273. The summed E-state index contributed by atoms with van der Waals surface area (Å²) in [6.45, 7) is 2.75. The first-order chi connectivity index (χ1) is 5.88. The summed E-state index contributed by atoms with van der Waals surface area (Å²) in [4.78, 5) is 0. The standard InChI is InChI=1S/C11H15N/c1-2-6-11(9-12)10-7-4-3-5-8-10/h3-8H,2,9,12H2,1H3. The minimum atomic E-state index is 0.623. The van der Waals surface area contributed by atoms with Crippen molar-refractivity contribution in [3.05, 3.63) is 42.0 Å². The van der Waals surface area contributed by atoms with Gasteiger partial charge in [0.2, 0.25) is 0 Å². The highest BCUT2D eigenvalue weighted by Gasteiger charge is 1.95. The predicted octanol–water partition coefficient (Wildman–Crippen LogP) is 2.44. The molecule has 0 atom stereocenters. The molecule has 0 radical (unpaired) electrons. The lowest BCUT2D eigenvalue weighted by Crippen LogP contribution is -2.01. The van der Waals surface area contributed by atoms with Gasteiger partial charge in [0.15, 0.2) is 0 Å². The molecule has 0 unspecified atom stereocenters. The Morgan fingerprint density at radius 1 is 1.33 bits per heavy atom. The van der Waals surface area contributed by atoms with E-state index in [0.717, 1.165) is 6.42 Å². The Bertz CT molecular complexity index is 249. The lowest BCUT2D eigenvalue weighted by Gasteiger charge is -2.03. The van der Waals surface area contributed by atoms with E-state index >= 15 is 0 Å². The summed E-state index contributed by atoms with van der Waals surface area (Å²) in [6.07, 6.45) is 3.22. The first-order valence-corrected chi connectivity index (χ1v) is 4.33. The van der Waals surface area contributed by atoms with Gasteiger partial charge in [0, 0.05) is 6.54 Å². The summed E-state index contributed by atoms with van der Waals surface area (Å²) in [6, 6.07) is 10.3. The smallest absolute Gasteiger partial charge is 0.0180 e. The zero-order valence-corrected chi connectivity index (χ0v) is 7.46. The third-order valence-corrected chi connectivity index (χ3v) is 1.82. The van der Waals surface area contributed by atoms with Crippen LogP contribution in [-0.2, 0) is 0 Å². The van der Waals surface area contributed by atoms with E-state index in [1.807, 2.05) is 18.2 Å². The van der Waals surface area contributed by atoms with Crippen LogP contribution in [0.4, 0.5) is 0 Å². The van der Waals surface area contributed by atoms with Crippen LogP contribution in [0.3, 0.4) is 0 Å². The zero-order valence-electron chi connectivity index (χ0n) is 7.46. The fourth-order valence-corrected chi connectivity index (χ4v) is 1.22. The molecule has 0 aliphatic rings. The topological polar surface area (TPSA) is 26.0 Å².